The van der Waals surface area contributed by atoms with Crippen molar-refractivity contribution < 1.29 is 5.11 Å². The van der Waals surface area contributed by atoms with Crippen molar-refractivity contribution in [3.8, 4) is 5.75 Å². The van der Waals surface area contributed by atoms with Crippen molar-refractivity contribution in [3.63, 3.8) is 0 Å². The average Bonchev–Trinajstić information content (AvgIpc) is 3.02. The van der Waals surface area contributed by atoms with E-state index in [2.05, 4.69) is 26.8 Å². The van der Waals surface area contributed by atoms with Crippen LogP contribution in [0, 0.1) is 6.92 Å². The number of benzene rings is 1. The largest absolute Gasteiger partial charge is 0.507 e. The van der Waals surface area contributed by atoms with E-state index >= 15 is 0 Å². The van der Waals surface area contributed by atoms with E-state index in [1.165, 1.54) is 5.56 Å². The third-order valence-electron chi connectivity index (χ3n) is 4.19. The second kappa shape index (κ2) is 4.02. The molecule has 0 radical (unpaired) electrons. The predicted octanol–water partition coefficient (Wildman–Crippen LogP) is 3.20. The lowest BCUT2D eigenvalue weighted by molar-refractivity contribution is 0.439. The van der Waals surface area contributed by atoms with E-state index in [0.717, 1.165) is 24.0 Å². The molecule has 1 aliphatic carbocycles. The topological polar surface area (TPSA) is 46.2 Å². The average molecular weight is 233 g/mol. The van der Waals surface area contributed by atoms with Crippen LogP contribution in [0.4, 0.5) is 0 Å². The van der Waals surface area contributed by atoms with Gasteiger partial charge >= 0.3 is 0 Å². The number of phenolic OH excluding ortho intramolecular Hbond substituents is 1. The third-order valence-corrected chi connectivity index (χ3v) is 4.19. The van der Waals surface area contributed by atoms with Crippen LogP contribution in [0.15, 0.2) is 12.1 Å². The molecular weight excluding hydrogens is 210 g/mol. The molecule has 2 nitrogen and oxygen atoms in total. The minimum Gasteiger partial charge on any atom is -0.507 e. The maximum Gasteiger partial charge on any atom is 0.122 e. The molecule has 1 aromatic rings. The lowest BCUT2D eigenvalue weighted by Gasteiger charge is -2.26. The Balaban J connectivity index is 2.62. The fourth-order valence-electron chi connectivity index (χ4n) is 2.78. The van der Waals surface area contributed by atoms with Gasteiger partial charge in [-0.3, -0.25) is 0 Å². The third kappa shape index (κ3) is 1.85. The highest BCUT2D eigenvalue weighted by atomic mass is 16.3. The van der Waals surface area contributed by atoms with Gasteiger partial charge in [-0.05, 0) is 43.7 Å². The number of hydrogen-bond donors (Lipinski definition) is 2. The molecule has 17 heavy (non-hydrogen) atoms. The Morgan fingerprint density at radius 3 is 2.24 bits per heavy atom. The van der Waals surface area contributed by atoms with Gasteiger partial charge < -0.3 is 10.8 Å². The Hall–Kier alpha value is -1.02. The van der Waals surface area contributed by atoms with Crippen molar-refractivity contribution >= 4 is 0 Å². The Morgan fingerprint density at radius 2 is 1.82 bits per heavy atom. The van der Waals surface area contributed by atoms with E-state index < -0.39 is 0 Å². The summed E-state index contributed by atoms with van der Waals surface area (Å²) in [6.45, 7) is 8.36. The van der Waals surface area contributed by atoms with Crippen LogP contribution < -0.4 is 5.73 Å². The van der Waals surface area contributed by atoms with Gasteiger partial charge in [0.2, 0.25) is 0 Å². The molecule has 1 atom stereocenters. The molecule has 0 saturated heterocycles. The maximum absolute atomic E-state index is 10.4. The molecule has 0 aliphatic heterocycles. The number of rotatable bonds is 3. The van der Waals surface area contributed by atoms with Gasteiger partial charge in [0.25, 0.3) is 0 Å². The van der Waals surface area contributed by atoms with E-state index in [9.17, 15) is 5.11 Å². The van der Waals surface area contributed by atoms with Crippen LogP contribution in [0.3, 0.4) is 0 Å². The van der Waals surface area contributed by atoms with Gasteiger partial charge in [0.05, 0.1) is 0 Å². The number of nitrogens with two attached hydrogens (primary N) is 1. The summed E-state index contributed by atoms with van der Waals surface area (Å²) in [6.07, 6.45) is 2.20. The zero-order valence-corrected chi connectivity index (χ0v) is 11.2. The van der Waals surface area contributed by atoms with Gasteiger partial charge in [-0.1, -0.05) is 26.0 Å². The van der Waals surface area contributed by atoms with Crippen LogP contribution in [0.1, 0.15) is 56.2 Å². The van der Waals surface area contributed by atoms with Crippen LogP contribution >= 0.6 is 0 Å². The summed E-state index contributed by atoms with van der Waals surface area (Å²) in [7, 11) is 0. The van der Waals surface area contributed by atoms with E-state index in [1.807, 2.05) is 13.0 Å². The highest BCUT2D eigenvalue weighted by Gasteiger charge is 2.50. The minimum absolute atomic E-state index is 0.0235. The molecule has 94 valence electrons. The standard InChI is InChI=1S/C15H23NO/c1-9(2)12-6-5-10(3)14(17)13(12)15(7-8-15)11(4)16/h5-6,9,11,17H,7-8,16H2,1-4H3. The van der Waals surface area contributed by atoms with Crippen molar-refractivity contribution in [1.82, 2.24) is 0 Å². The number of aromatic hydroxyl groups is 1. The summed E-state index contributed by atoms with van der Waals surface area (Å²) < 4.78 is 0. The molecule has 0 aromatic heterocycles. The molecule has 0 amide bonds. The van der Waals surface area contributed by atoms with Gasteiger partial charge in [-0.2, -0.15) is 0 Å². The Morgan fingerprint density at radius 1 is 1.24 bits per heavy atom. The maximum atomic E-state index is 10.4. The lowest BCUT2D eigenvalue weighted by atomic mass is 9.81. The minimum atomic E-state index is 0.0235. The van der Waals surface area contributed by atoms with Gasteiger partial charge in [0, 0.05) is 17.0 Å². The summed E-state index contributed by atoms with van der Waals surface area (Å²) >= 11 is 0. The van der Waals surface area contributed by atoms with Gasteiger partial charge in [-0.15, -0.1) is 0 Å². The highest BCUT2D eigenvalue weighted by molar-refractivity contribution is 5.53. The Kier molecular flexibility index (Phi) is 2.94. The van der Waals surface area contributed by atoms with Gasteiger partial charge in [0.15, 0.2) is 0 Å². The first-order valence-corrected chi connectivity index (χ1v) is 6.48. The first-order chi connectivity index (χ1) is 7.90. The molecule has 0 bridgehead atoms. The van der Waals surface area contributed by atoms with Crippen molar-refractivity contribution in [3.05, 3.63) is 28.8 Å². The van der Waals surface area contributed by atoms with Crippen LogP contribution in [0.5, 0.6) is 5.75 Å². The van der Waals surface area contributed by atoms with Gasteiger partial charge in [-0.25, -0.2) is 0 Å². The Bertz CT molecular complexity index is 431. The second-order valence-electron chi connectivity index (χ2n) is 5.79. The van der Waals surface area contributed by atoms with E-state index in [-0.39, 0.29) is 11.5 Å². The number of hydrogen-bond acceptors (Lipinski definition) is 2. The molecule has 1 saturated carbocycles. The molecule has 2 heteroatoms. The number of aryl methyl sites for hydroxylation is 1. The molecule has 1 aromatic carbocycles. The monoisotopic (exact) mass is 233 g/mol. The summed E-state index contributed by atoms with van der Waals surface area (Å²) in [5.74, 6) is 0.888. The molecule has 0 spiro atoms. The number of phenols is 1. The fourth-order valence-corrected chi connectivity index (χ4v) is 2.78. The second-order valence-corrected chi connectivity index (χ2v) is 5.79. The van der Waals surface area contributed by atoms with E-state index in [4.69, 9.17) is 5.73 Å². The normalized spacial score (nSPS) is 19.4. The van der Waals surface area contributed by atoms with Crippen molar-refractivity contribution in [2.75, 3.05) is 0 Å². The summed E-state index contributed by atoms with van der Waals surface area (Å²) in [6, 6.07) is 4.26. The van der Waals surface area contributed by atoms with Crippen LogP contribution in [-0.2, 0) is 5.41 Å². The highest BCUT2D eigenvalue weighted by Crippen LogP contribution is 2.55. The smallest absolute Gasteiger partial charge is 0.122 e. The first kappa shape index (κ1) is 12.4. The van der Waals surface area contributed by atoms with Gasteiger partial charge in [0.1, 0.15) is 5.75 Å². The van der Waals surface area contributed by atoms with Crippen molar-refractivity contribution in [2.45, 2.75) is 57.9 Å². The summed E-state index contributed by atoms with van der Waals surface area (Å²) in [5.41, 5.74) is 9.49. The van der Waals surface area contributed by atoms with Crippen LogP contribution in [0.25, 0.3) is 0 Å². The molecular formula is C15H23NO. The van der Waals surface area contributed by atoms with E-state index in [1.54, 1.807) is 0 Å². The Labute approximate surface area is 104 Å². The van der Waals surface area contributed by atoms with Crippen LogP contribution in [0.2, 0.25) is 0 Å². The molecule has 2 rings (SSSR count). The van der Waals surface area contributed by atoms with Crippen molar-refractivity contribution in [1.29, 1.82) is 0 Å². The first-order valence-electron chi connectivity index (χ1n) is 6.48. The lowest BCUT2D eigenvalue weighted by Crippen LogP contribution is -2.32. The summed E-state index contributed by atoms with van der Waals surface area (Å²) in [5, 5.41) is 10.4. The molecule has 3 N–H and O–H groups in total. The predicted molar refractivity (Wildman–Crippen MR) is 71.5 cm³/mol. The molecule has 1 fully saturated rings. The van der Waals surface area contributed by atoms with Crippen molar-refractivity contribution in [2.24, 2.45) is 5.73 Å². The molecule has 1 unspecified atom stereocenters. The van der Waals surface area contributed by atoms with E-state index in [0.29, 0.717) is 11.7 Å². The quantitative estimate of drug-likeness (QED) is 0.842. The molecule has 1 aliphatic rings. The zero-order chi connectivity index (χ0) is 12.8. The summed E-state index contributed by atoms with van der Waals surface area (Å²) in [4.78, 5) is 0. The van der Waals surface area contributed by atoms with Crippen LogP contribution in [-0.4, -0.2) is 11.1 Å². The SMILES string of the molecule is Cc1ccc(C(C)C)c(C2(C(C)N)CC2)c1O. The zero-order valence-electron chi connectivity index (χ0n) is 11.2. The fraction of sp³-hybridized carbons (Fsp3) is 0.600. The molecule has 0 heterocycles.